The molecule has 0 fully saturated rings. The summed E-state index contributed by atoms with van der Waals surface area (Å²) in [5.41, 5.74) is 8.20. The van der Waals surface area contributed by atoms with E-state index in [2.05, 4.69) is 4.98 Å². The maximum Gasteiger partial charge on any atom is 0.454 e. The topological polar surface area (TPSA) is 106 Å². The molecule has 0 unspecified atom stereocenters. The first-order chi connectivity index (χ1) is 7.29. The van der Waals surface area contributed by atoms with Gasteiger partial charge >= 0.3 is 6.18 Å². The molecule has 0 aliphatic rings. The lowest BCUT2D eigenvalue weighted by Gasteiger charge is -2.10. The lowest BCUT2D eigenvalue weighted by molar-refractivity contribution is -0.0884. The summed E-state index contributed by atoms with van der Waals surface area (Å²) in [5, 5.41) is 8.54. The first-order valence-electron chi connectivity index (χ1n) is 3.84. The van der Waals surface area contributed by atoms with E-state index in [1.165, 1.54) is 6.07 Å². The van der Waals surface area contributed by atoms with Gasteiger partial charge in [-0.05, 0) is 0 Å². The number of halogens is 3. The molecular weight excluding hydrogens is 225 g/mol. The van der Waals surface area contributed by atoms with Crippen LogP contribution in [-0.2, 0) is 0 Å². The van der Waals surface area contributed by atoms with Crippen molar-refractivity contribution in [1.82, 2.24) is 4.98 Å². The Balaban J connectivity index is 3.50. The van der Waals surface area contributed by atoms with E-state index >= 15 is 0 Å². The molecule has 0 atom stereocenters. The summed E-state index contributed by atoms with van der Waals surface area (Å²) in [4.78, 5) is 14.4. The fourth-order valence-corrected chi connectivity index (χ4v) is 1.01. The number of nitriles is 1. The molecule has 0 saturated heterocycles. The molecule has 0 aromatic carbocycles. The second-order valence-corrected chi connectivity index (χ2v) is 2.78. The molecule has 84 valence electrons. The highest BCUT2D eigenvalue weighted by atomic mass is 19.4. The SMILES string of the molecule is N#Cc1cnc(N)c(N)c1C(=O)C(F)(F)F. The van der Waals surface area contributed by atoms with Crippen LogP contribution < -0.4 is 11.5 Å². The summed E-state index contributed by atoms with van der Waals surface area (Å²) in [6, 6.07) is 1.40. The van der Waals surface area contributed by atoms with Crippen molar-refractivity contribution in [3.63, 3.8) is 0 Å². The molecule has 1 heterocycles. The number of ketones is 1. The van der Waals surface area contributed by atoms with Gasteiger partial charge in [-0.15, -0.1) is 0 Å². The zero-order valence-electron chi connectivity index (χ0n) is 7.67. The highest BCUT2D eigenvalue weighted by Gasteiger charge is 2.42. The second kappa shape index (κ2) is 3.69. The fourth-order valence-electron chi connectivity index (χ4n) is 1.01. The third-order valence-electron chi connectivity index (χ3n) is 1.75. The van der Waals surface area contributed by atoms with Crippen LogP contribution in [0, 0.1) is 11.3 Å². The van der Waals surface area contributed by atoms with Crippen LogP contribution in [-0.4, -0.2) is 16.9 Å². The van der Waals surface area contributed by atoms with Crippen molar-refractivity contribution >= 4 is 17.3 Å². The predicted molar refractivity (Wildman–Crippen MR) is 48.2 cm³/mol. The number of hydrogen-bond acceptors (Lipinski definition) is 5. The highest BCUT2D eigenvalue weighted by Crippen LogP contribution is 2.29. The Kier molecular flexibility index (Phi) is 2.72. The molecule has 0 amide bonds. The van der Waals surface area contributed by atoms with Crippen molar-refractivity contribution in [3.05, 3.63) is 17.3 Å². The largest absolute Gasteiger partial charge is 0.454 e. The number of anilines is 2. The lowest BCUT2D eigenvalue weighted by Crippen LogP contribution is -2.25. The Morgan fingerprint density at radius 3 is 2.44 bits per heavy atom. The summed E-state index contributed by atoms with van der Waals surface area (Å²) in [6.45, 7) is 0. The predicted octanol–water partition coefficient (Wildman–Crippen LogP) is 0.863. The van der Waals surface area contributed by atoms with Crippen LogP contribution in [0.15, 0.2) is 6.20 Å². The first kappa shape index (κ1) is 11.8. The molecule has 0 aliphatic heterocycles. The number of hydrogen-bond donors (Lipinski definition) is 2. The van der Waals surface area contributed by atoms with E-state index < -0.39 is 34.6 Å². The van der Waals surface area contributed by atoms with E-state index in [4.69, 9.17) is 16.7 Å². The molecule has 0 bridgehead atoms. The number of nitrogens with zero attached hydrogens (tertiary/aromatic N) is 2. The number of nitrogens with two attached hydrogens (primary N) is 2. The maximum absolute atomic E-state index is 12.2. The van der Waals surface area contributed by atoms with Crippen LogP contribution >= 0.6 is 0 Å². The molecule has 0 radical (unpaired) electrons. The summed E-state index contributed by atoms with van der Waals surface area (Å²) in [7, 11) is 0. The number of nitrogen functional groups attached to an aromatic ring is 2. The van der Waals surface area contributed by atoms with Crippen LogP contribution in [0.1, 0.15) is 15.9 Å². The van der Waals surface area contributed by atoms with Gasteiger partial charge in [0.1, 0.15) is 11.9 Å². The van der Waals surface area contributed by atoms with Gasteiger partial charge < -0.3 is 11.5 Å². The van der Waals surface area contributed by atoms with E-state index in [9.17, 15) is 18.0 Å². The molecule has 0 spiro atoms. The minimum atomic E-state index is -5.12. The van der Waals surface area contributed by atoms with Gasteiger partial charge in [-0.25, -0.2) is 4.98 Å². The molecular formula is C8H5F3N4O. The molecule has 0 saturated carbocycles. The van der Waals surface area contributed by atoms with Gasteiger partial charge in [-0.2, -0.15) is 18.4 Å². The molecule has 0 aliphatic carbocycles. The molecule has 8 heteroatoms. The fraction of sp³-hybridized carbons (Fsp3) is 0.125. The average Bonchev–Trinajstić information content (AvgIpc) is 2.19. The van der Waals surface area contributed by atoms with Crippen molar-refractivity contribution in [3.8, 4) is 6.07 Å². The molecule has 1 aromatic rings. The zero-order chi connectivity index (χ0) is 12.5. The molecule has 1 rings (SSSR count). The highest BCUT2D eigenvalue weighted by molar-refractivity contribution is 6.07. The van der Waals surface area contributed by atoms with Gasteiger partial charge in [-0.1, -0.05) is 0 Å². The van der Waals surface area contributed by atoms with Gasteiger partial charge in [0, 0.05) is 6.20 Å². The van der Waals surface area contributed by atoms with E-state index in [0.29, 0.717) is 0 Å². The lowest BCUT2D eigenvalue weighted by atomic mass is 10.0. The van der Waals surface area contributed by atoms with Crippen LogP contribution in [0.5, 0.6) is 0 Å². The van der Waals surface area contributed by atoms with Crippen LogP contribution in [0.2, 0.25) is 0 Å². The molecule has 16 heavy (non-hydrogen) atoms. The Labute approximate surface area is 87.5 Å². The summed E-state index contributed by atoms with van der Waals surface area (Å²) in [6.07, 6.45) is -4.35. The third-order valence-corrected chi connectivity index (χ3v) is 1.75. The van der Waals surface area contributed by atoms with Crippen molar-refractivity contribution < 1.29 is 18.0 Å². The smallest absolute Gasteiger partial charge is 0.395 e. The van der Waals surface area contributed by atoms with Crippen molar-refractivity contribution in [2.24, 2.45) is 0 Å². The number of rotatable bonds is 1. The van der Waals surface area contributed by atoms with E-state index in [0.717, 1.165) is 6.20 Å². The van der Waals surface area contributed by atoms with E-state index in [-0.39, 0.29) is 0 Å². The van der Waals surface area contributed by atoms with Gasteiger partial charge in [0.05, 0.1) is 16.8 Å². The molecule has 5 nitrogen and oxygen atoms in total. The Morgan fingerprint density at radius 1 is 1.44 bits per heavy atom. The van der Waals surface area contributed by atoms with Gasteiger partial charge in [-0.3, -0.25) is 4.79 Å². The first-order valence-corrected chi connectivity index (χ1v) is 3.84. The third kappa shape index (κ3) is 1.88. The van der Waals surface area contributed by atoms with Crippen molar-refractivity contribution in [1.29, 1.82) is 5.26 Å². The number of alkyl halides is 3. The summed E-state index contributed by atoms with van der Waals surface area (Å²) >= 11 is 0. The second-order valence-electron chi connectivity index (χ2n) is 2.78. The number of pyridine rings is 1. The molecule has 4 N–H and O–H groups in total. The van der Waals surface area contributed by atoms with E-state index in [1.807, 2.05) is 0 Å². The number of Topliss-reactive ketones (excluding diaryl/α,β-unsaturated/α-hetero) is 1. The number of aromatic nitrogens is 1. The minimum absolute atomic E-state index is 0.424. The van der Waals surface area contributed by atoms with E-state index in [1.54, 1.807) is 0 Å². The Hall–Kier alpha value is -2.30. The van der Waals surface area contributed by atoms with Crippen molar-refractivity contribution in [2.45, 2.75) is 6.18 Å². The minimum Gasteiger partial charge on any atom is -0.395 e. The number of carbonyl (C=O) groups excluding carboxylic acids is 1. The van der Waals surface area contributed by atoms with Gasteiger partial charge in [0.25, 0.3) is 5.78 Å². The monoisotopic (exact) mass is 230 g/mol. The van der Waals surface area contributed by atoms with Crippen molar-refractivity contribution in [2.75, 3.05) is 11.5 Å². The van der Waals surface area contributed by atoms with Crippen LogP contribution in [0.3, 0.4) is 0 Å². The summed E-state index contributed by atoms with van der Waals surface area (Å²) < 4.78 is 36.6. The standard InChI is InChI=1S/C8H5F3N4O/c9-8(10,11)6(16)4-3(1-12)2-15-7(14)5(4)13/h2H,13H2,(H2,14,15). The maximum atomic E-state index is 12.2. The zero-order valence-corrected chi connectivity index (χ0v) is 7.67. The number of carbonyl (C=O) groups is 1. The van der Waals surface area contributed by atoms with Crippen LogP contribution in [0.25, 0.3) is 0 Å². The normalized spacial score (nSPS) is 10.9. The average molecular weight is 230 g/mol. The van der Waals surface area contributed by atoms with Crippen LogP contribution in [0.4, 0.5) is 24.7 Å². The van der Waals surface area contributed by atoms with Gasteiger partial charge in [0.2, 0.25) is 0 Å². The Bertz CT molecular complexity index is 489. The Morgan fingerprint density at radius 2 is 2.00 bits per heavy atom. The quantitative estimate of drug-likeness (QED) is 0.696. The molecule has 1 aromatic heterocycles. The van der Waals surface area contributed by atoms with Gasteiger partial charge in [0.15, 0.2) is 0 Å². The summed E-state index contributed by atoms with van der Waals surface area (Å²) in [5.74, 6) is -2.64.